The Morgan fingerprint density at radius 1 is 1.22 bits per heavy atom. The average Bonchev–Trinajstić information content (AvgIpc) is 2.44. The Labute approximate surface area is 136 Å². The molecule has 0 amide bonds. The van der Waals surface area contributed by atoms with Gasteiger partial charge in [-0.1, -0.05) is 17.7 Å². The van der Waals surface area contributed by atoms with Gasteiger partial charge >= 0.3 is 5.97 Å². The third kappa shape index (κ3) is 5.30. The number of aryl methyl sites for hydroxylation is 1. The van der Waals surface area contributed by atoms with Crippen LogP contribution in [0.3, 0.4) is 0 Å². The van der Waals surface area contributed by atoms with Crippen molar-refractivity contribution in [3.63, 3.8) is 0 Å². The van der Waals surface area contributed by atoms with E-state index in [1.54, 1.807) is 12.1 Å². The fourth-order valence-electron chi connectivity index (χ4n) is 2.43. The first-order valence-electron chi connectivity index (χ1n) is 7.65. The number of aliphatic carboxylic acids is 1. The van der Waals surface area contributed by atoms with Gasteiger partial charge in [0.15, 0.2) is 0 Å². The van der Waals surface area contributed by atoms with Crippen molar-refractivity contribution in [2.45, 2.75) is 31.1 Å². The van der Waals surface area contributed by atoms with Crippen LogP contribution in [-0.4, -0.2) is 39.3 Å². The Morgan fingerprint density at radius 3 is 2.48 bits per heavy atom. The summed E-state index contributed by atoms with van der Waals surface area (Å²) in [4.78, 5) is 10.8. The molecule has 0 aliphatic heterocycles. The van der Waals surface area contributed by atoms with Crippen molar-refractivity contribution in [1.29, 1.82) is 0 Å². The van der Waals surface area contributed by atoms with Crippen LogP contribution < -0.4 is 0 Å². The Balaban J connectivity index is 1.58. The van der Waals surface area contributed by atoms with Crippen LogP contribution in [0.1, 0.15) is 24.8 Å². The van der Waals surface area contributed by atoms with Gasteiger partial charge in [-0.05, 0) is 44.2 Å². The van der Waals surface area contributed by atoms with E-state index in [9.17, 15) is 13.2 Å². The summed E-state index contributed by atoms with van der Waals surface area (Å²) < 4.78 is 34.2. The quantitative estimate of drug-likeness (QED) is 0.547. The summed E-state index contributed by atoms with van der Waals surface area (Å²) in [7, 11) is -3.71. The molecule has 0 atom stereocenters. The molecule has 1 fully saturated rings. The van der Waals surface area contributed by atoms with Crippen molar-refractivity contribution in [2.24, 2.45) is 11.8 Å². The number of ether oxygens (including phenoxy) is 1. The largest absolute Gasteiger partial charge is 0.481 e. The van der Waals surface area contributed by atoms with Gasteiger partial charge in [-0.2, -0.15) is 8.42 Å². The van der Waals surface area contributed by atoms with Gasteiger partial charge in [0.05, 0.1) is 17.4 Å². The van der Waals surface area contributed by atoms with E-state index in [1.165, 1.54) is 12.1 Å². The highest BCUT2D eigenvalue weighted by atomic mass is 32.2. The molecule has 0 saturated heterocycles. The molecule has 1 aliphatic rings. The van der Waals surface area contributed by atoms with E-state index < -0.39 is 16.1 Å². The minimum atomic E-state index is -3.71. The second kappa shape index (κ2) is 7.90. The Morgan fingerprint density at radius 2 is 1.87 bits per heavy atom. The second-order valence-electron chi connectivity index (χ2n) is 5.89. The van der Waals surface area contributed by atoms with Gasteiger partial charge in [-0.15, -0.1) is 0 Å². The summed E-state index contributed by atoms with van der Waals surface area (Å²) in [5.74, 6) is -0.671. The SMILES string of the molecule is Cc1ccc(S(=O)(=O)OCCCOCC2CC(C(=O)O)C2)cc1. The van der Waals surface area contributed by atoms with Crippen molar-refractivity contribution >= 4 is 16.1 Å². The van der Waals surface area contributed by atoms with Crippen LogP contribution >= 0.6 is 0 Å². The number of carboxylic acids is 1. The molecule has 128 valence electrons. The molecular weight excluding hydrogens is 320 g/mol. The van der Waals surface area contributed by atoms with Gasteiger partial charge in [0.2, 0.25) is 0 Å². The van der Waals surface area contributed by atoms with Crippen LogP contribution in [0.2, 0.25) is 0 Å². The zero-order valence-electron chi connectivity index (χ0n) is 13.1. The molecular formula is C16H22O6S. The smallest absolute Gasteiger partial charge is 0.306 e. The molecule has 7 heteroatoms. The maximum atomic E-state index is 11.9. The number of hydrogen-bond acceptors (Lipinski definition) is 5. The monoisotopic (exact) mass is 342 g/mol. The van der Waals surface area contributed by atoms with E-state index in [-0.39, 0.29) is 17.4 Å². The molecule has 1 aliphatic carbocycles. The van der Waals surface area contributed by atoms with Crippen molar-refractivity contribution in [3.05, 3.63) is 29.8 Å². The van der Waals surface area contributed by atoms with Crippen LogP contribution in [0.15, 0.2) is 29.2 Å². The number of benzene rings is 1. The van der Waals surface area contributed by atoms with Gasteiger partial charge in [0.25, 0.3) is 10.1 Å². The van der Waals surface area contributed by atoms with E-state index >= 15 is 0 Å². The van der Waals surface area contributed by atoms with Gasteiger partial charge in [0, 0.05) is 13.2 Å². The van der Waals surface area contributed by atoms with E-state index in [4.69, 9.17) is 14.0 Å². The highest BCUT2D eigenvalue weighted by molar-refractivity contribution is 7.86. The first kappa shape index (κ1) is 17.9. The van der Waals surface area contributed by atoms with Gasteiger partial charge < -0.3 is 9.84 Å². The molecule has 2 rings (SSSR count). The van der Waals surface area contributed by atoms with Crippen molar-refractivity contribution in [1.82, 2.24) is 0 Å². The van der Waals surface area contributed by atoms with Crippen LogP contribution in [0.5, 0.6) is 0 Å². The molecule has 1 aromatic rings. The first-order valence-corrected chi connectivity index (χ1v) is 9.06. The highest BCUT2D eigenvalue weighted by Gasteiger charge is 2.34. The first-order chi connectivity index (χ1) is 10.9. The molecule has 0 radical (unpaired) electrons. The van der Waals surface area contributed by atoms with Crippen molar-refractivity contribution in [2.75, 3.05) is 19.8 Å². The third-order valence-electron chi connectivity index (χ3n) is 3.92. The molecule has 1 saturated carbocycles. The van der Waals surface area contributed by atoms with Crippen LogP contribution in [0, 0.1) is 18.8 Å². The molecule has 0 bridgehead atoms. The Hall–Kier alpha value is -1.44. The molecule has 23 heavy (non-hydrogen) atoms. The topological polar surface area (TPSA) is 89.9 Å². The van der Waals surface area contributed by atoms with E-state index in [0.717, 1.165) is 5.56 Å². The van der Waals surface area contributed by atoms with Crippen LogP contribution in [-0.2, 0) is 23.8 Å². The fraction of sp³-hybridized carbons (Fsp3) is 0.562. The van der Waals surface area contributed by atoms with E-state index in [2.05, 4.69) is 0 Å². The fourth-order valence-corrected chi connectivity index (χ4v) is 3.37. The molecule has 0 spiro atoms. The van der Waals surface area contributed by atoms with Gasteiger partial charge in [0.1, 0.15) is 0 Å². The number of carbonyl (C=O) groups is 1. The standard InChI is InChI=1S/C16H22O6S/c1-12-3-5-15(6-4-12)23(19,20)22-8-2-7-21-11-13-9-14(10-13)16(17)18/h3-6,13-14H,2,7-11H2,1H3,(H,17,18). The van der Waals surface area contributed by atoms with Crippen molar-refractivity contribution in [3.8, 4) is 0 Å². The minimum Gasteiger partial charge on any atom is -0.481 e. The lowest BCUT2D eigenvalue weighted by Crippen LogP contribution is -2.33. The number of carboxylic acid groups (broad SMARTS) is 1. The van der Waals surface area contributed by atoms with Crippen LogP contribution in [0.25, 0.3) is 0 Å². The summed E-state index contributed by atoms with van der Waals surface area (Å²) in [6, 6.07) is 6.50. The molecule has 1 N–H and O–H groups in total. The lowest BCUT2D eigenvalue weighted by molar-refractivity contribution is -0.147. The lowest BCUT2D eigenvalue weighted by Gasteiger charge is -2.31. The maximum absolute atomic E-state index is 11.9. The number of rotatable bonds is 9. The van der Waals surface area contributed by atoms with E-state index in [1.807, 2.05) is 6.92 Å². The molecule has 6 nitrogen and oxygen atoms in total. The molecule has 0 heterocycles. The zero-order valence-corrected chi connectivity index (χ0v) is 13.9. The summed E-state index contributed by atoms with van der Waals surface area (Å²) in [6.07, 6.45) is 1.79. The summed E-state index contributed by atoms with van der Waals surface area (Å²) in [6.45, 7) is 2.88. The zero-order chi connectivity index (χ0) is 16.9. The lowest BCUT2D eigenvalue weighted by atomic mass is 9.75. The summed E-state index contributed by atoms with van der Waals surface area (Å²) >= 11 is 0. The number of hydrogen-bond donors (Lipinski definition) is 1. The summed E-state index contributed by atoms with van der Waals surface area (Å²) in [5, 5.41) is 8.76. The minimum absolute atomic E-state index is 0.0681. The highest BCUT2D eigenvalue weighted by Crippen LogP contribution is 2.33. The Kier molecular flexibility index (Phi) is 6.15. The predicted octanol–water partition coefficient (Wildman–Crippen LogP) is 2.22. The van der Waals surface area contributed by atoms with E-state index in [0.29, 0.717) is 38.4 Å². The van der Waals surface area contributed by atoms with Gasteiger partial charge in [-0.3, -0.25) is 8.98 Å². The second-order valence-corrected chi connectivity index (χ2v) is 7.51. The molecule has 0 aromatic heterocycles. The van der Waals surface area contributed by atoms with Crippen molar-refractivity contribution < 1.29 is 27.2 Å². The molecule has 1 aromatic carbocycles. The van der Waals surface area contributed by atoms with Gasteiger partial charge in [-0.25, -0.2) is 0 Å². The van der Waals surface area contributed by atoms with Crippen LogP contribution in [0.4, 0.5) is 0 Å². The third-order valence-corrected chi connectivity index (χ3v) is 5.25. The normalized spacial score (nSPS) is 20.9. The predicted molar refractivity (Wildman–Crippen MR) is 83.6 cm³/mol. The summed E-state index contributed by atoms with van der Waals surface area (Å²) in [5.41, 5.74) is 0.985. The average molecular weight is 342 g/mol. The molecule has 0 unspecified atom stereocenters. The Bertz CT molecular complexity index is 616. The maximum Gasteiger partial charge on any atom is 0.306 e.